The number of carbonyl (C=O) groups is 1. The van der Waals surface area contributed by atoms with Crippen LogP contribution in [-0.4, -0.2) is 21.1 Å². The minimum atomic E-state index is -0.434. The number of aryl methyl sites for hydroxylation is 1. The molecule has 0 aliphatic carbocycles. The van der Waals surface area contributed by atoms with Crippen LogP contribution in [0.3, 0.4) is 0 Å². The summed E-state index contributed by atoms with van der Waals surface area (Å²) in [5.74, 6) is -0.172. The molecule has 0 aliphatic heterocycles. The van der Waals surface area contributed by atoms with Gasteiger partial charge in [-0.05, 0) is 31.2 Å². The number of halogens is 1. The van der Waals surface area contributed by atoms with Crippen molar-refractivity contribution in [2.45, 2.75) is 6.92 Å². The van der Waals surface area contributed by atoms with Gasteiger partial charge in [0.2, 0.25) is 5.82 Å². The van der Waals surface area contributed by atoms with Gasteiger partial charge in [-0.2, -0.15) is 0 Å². The van der Waals surface area contributed by atoms with Crippen LogP contribution in [0.25, 0.3) is 0 Å². The van der Waals surface area contributed by atoms with Crippen LogP contribution >= 0.6 is 0 Å². The fourth-order valence-corrected chi connectivity index (χ4v) is 1.16. The van der Waals surface area contributed by atoms with E-state index in [0.717, 1.165) is 0 Å². The quantitative estimate of drug-likeness (QED) is 0.805. The zero-order valence-electron chi connectivity index (χ0n) is 8.49. The SMILES string of the molecule is Cc1nc(C(=O)Nc2ccc(F)cc2)n[nH]1. The lowest BCUT2D eigenvalue weighted by atomic mass is 10.3. The van der Waals surface area contributed by atoms with Crippen molar-refractivity contribution in [3.05, 3.63) is 41.7 Å². The number of nitrogens with zero attached hydrogens (tertiary/aromatic N) is 2. The summed E-state index contributed by atoms with van der Waals surface area (Å²) in [5, 5.41) is 8.82. The smallest absolute Gasteiger partial charge is 0.295 e. The highest BCUT2D eigenvalue weighted by atomic mass is 19.1. The fourth-order valence-electron chi connectivity index (χ4n) is 1.16. The Morgan fingerprint density at radius 1 is 1.38 bits per heavy atom. The van der Waals surface area contributed by atoms with E-state index in [-0.39, 0.29) is 11.6 Å². The van der Waals surface area contributed by atoms with Gasteiger partial charge in [0, 0.05) is 5.69 Å². The van der Waals surface area contributed by atoms with Crippen molar-refractivity contribution in [2.75, 3.05) is 5.32 Å². The number of rotatable bonds is 2. The number of aromatic amines is 1. The van der Waals surface area contributed by atoms with Crippen molar-refractivity contribution in [1.82, 2.24) is 15.2 Å². The second-order valence-corrected chi connectivity index (χ2v) is 3.21. The van der Waals surface area contributed by atoms with Gasteiger partial charge in [-0.3, -0.25) is 9.89 Å². The van der Waals surface area contributed by atoms with Crippen molar-refractivity contribution in [1.29, 1.82) is 0 Å². The van der Waals surface area contributed by atoms with Crippen LogP contribution in [0, 0.1) is 12.7 Å². The van der Waals surface area contributed by atoms with Gasteiger partial charge in [-0.15, -0.1) is 5.10 Å². The van der Waals surface area contributed by atoms with Crippen molar-refractivity contribution >= 4 is 11.6 Å². The molecule has 0 bridgehead atoms. The number of benzene rings is 1. The van der Waals surface area contributed by atoms with E-state index >= 15 is 0 Å². The van der Waals surface area contributed by atoms with E-state index in [4.69, 9.17) is 0 Å². The Kier molecular flexibility index (Phi) is 2.63. The van der Waals surface area contributed by atoms with Gasteiger partial charge in [-0.25, -0.2) is 9.37 Å². The van der Waals surface area contributed by atoms with Gasteiger partial charge in [0.25, 0.3) is 5.91 Å². The third-order valence-corrected chi connectivity index (χ3v) is 1.90. The van der Waals surface area contributed by atoms with E-state index < -0.39 is 5.91 Å². The Labute approximate surface area is 90.7 Å². The summed E-state index contributed by atoms with van der Waals surface area (Å²) in [7, 11) is 0. The molecule has 0 saturated heterocycles. The molecule has 0 aliphatic rings. The van der Waals surface area contributed by atoms with Gasteiger partial charge in [0.1, 0.15) is 11.6 Å². The van der Waals surface area contributed by atoms with E-state index in [0.29, 0.717) is 11.5 Å². The number of nitrogens with one attached hydrogen (secondary N) is 2. The summed E-state index contributed by atoms with van der Waals surface area (Å²) < 4.78 is 12.6. The molecule has 82 valence electrons. The van der Waals surface area contributed by atoms with E-state index in [9.17, 15) is 9.18 Å². The molecule has 16 heavy (non-hydrogen) atoms. The third kappa shape index (κ3) is 2.22. The minimum absolute atomic E-state index is 0.0572. The van der Waals surface area contributed by atoms with Crippen LogP contribution in [-0.2, 0) is 0 Å². The Morgan fingerprint density at radius 2 is 2.06 bits per heavy atom. The van der Waals surface area contributed by atoms with Crippen molar-refractivity contribution in [3.8, 4) is 0 Å². The zero-order chi connectivity index (χ0) is 11.5. The maximum Gasteiger partial charge on any atom is 0.295 e. The number of H-pyrrole nitrogens is 1. The Bertz CT molecular complexity index is 506. The average molecular weight is 220 g/mol. The van der Waals surface area contributed by atoms with Gasteiger partial charge >= 0.3 is 0 Å². The maximum atomic E-state index is 12.6. The van der Waals surface area contributed by atoms with Crippen molar-refractivity contribution in [3.63, 3.8) is 0 Å². The van der Waals surface area contributed by atoms with Crippen molar-refractivity contribution < 1.29 is 9.18 Å². The summed E-state index contributed by atoms with van der Waals surface area (Å²) in [6.45, 7) is 1.70. The van der Waals surface area contributed by atoms with Gasteiger partial charge in [0.15, 0.2) is 0 Å². The van der Waals surface area contributed by atoms with Crippen LogP contribution in [0.4, 0.5) is 10.1 Å². The molecule has 0 saturated carbocycles. The molecule has 2 aromatic rings. The zero-order valence-corrected chi connectivity index (χ0v) is 8.49. The first-order valence-corrected chi connectivity index (χ1v) is 4.61. The molecule has 0 fully saturated rings. The van der Waals surface area contributed by atoms with Gasteiger partial charge in [-0.1, -0.05) is 0 Å². The number of hydrogen-bond acceptors (Lipinski definition) is 3. The van der Waals surface area contributed by atoms with Crippen LogP contribution in [0.2, 0.25) is 0 Å². The molecule has 6 heteroatoms. The molecule has 0 unspecified atom stereocenters. The van der Waals surface area contributed by atoms with Crippen LogP contribution < -0.4 is 5.32 Å². The Morgan fingerprint density at radius 3 is 2.62 bits per heavy atom. The highest BCUT2D eigenvalue weighted by Crippen LogP contribution is 2.09. The molecule has 0 atom stereocenters. The third-order valence-electron chi connectivity index (χ3n) is 1.90. The van der Waals surface area contributed by atoms with E-state index in [1.807, 2.05) is 0 Å². The molecule has 5 nitrogen and oxygen atoms in total. The second kappa shape index (κ2) is 4.09. The minimum Gasteiger partial charge on any atom is -0.319 e. The number of hydrogen-bond donors (Lipinski definition) is 2. The summed E-state index contributed by atoms with van der Waals surface area (Å²) in [6, 6.07) is 5.46. The van der Waals surface area contributed by atoms with Gasteiger partial charge in [0.05, 0.1) is 0 Å². The number of aromatic nitrogens is 3. The summed E-state index contributed by atoms with van der Waals surface area (Å²) in [5.41, 5.74) is 0.494. The van der Waals surface area contributed by atoms with Crippen LogP contribution in [0.15, 0.2) is 24.3 Å². The highest BCUT2D eigenvalue weighted by Gasteiger charge is 2.10. The topological polar surface area (TPSA) is 70.7 Å². The lowest BCUT2D eigenvalue weighted by Crippen LogP contribution is -2.13. The molecule has 2 N–H and O–H groups in total. The number of anilines is 1. The van der Waals surface area contributed by atoms with E-state index in [1.54, 1.807) is 6.92 Å². The first-order chi connectivity index (χ1) is 7.65. The molecule has 1 amide bonds. The van der Waals surface area contributed by atoms with Crippen LogP contribution in [0.1, 0.15) is 16.4 Å². The summed E-state index contributed by atoms with van der Waals surface area (Å²) in [4.78, 5) is 15.4. The first kappa shape index (κ1) is 10.3. The highest BCUT2D eigenvalue weighted by molar-refractivity contribution is 6.01. The maximum absolute atomic E-state index is 12.6. The molecular weight excluding hydrogens is 211 g/mol. The lowest BCUT2D eigenvalue weighted by Gasteiger charge is -2.01. The Balaban J connectivity index is 2.10. The lowest BCUT2D eigenvalue weighted by molar-refractivity contribution is 0.101. The predicted octanol–water partition coefficient (Wildman–Crippen LogP) is 1.50. The van der Waals surface area contributed by atoms with Crippen LogP contribution in [0.5, 0.6) is 0 Å². The average Bonchev–Trinajstić information content (AvgIpc) is 2.68. The monoisotopic (exact) mass is 220 g/mol. The summed E-state index contributed by atoms with van der Waals surface area (Å²) in [6.07, 6.45) is 0. The normalized spacial score (nSPS) is 10.1. The molecule has 1 aromatic carbocycles. The largest absolute Gasteiger partial charge is 0.319 e. The summed E-state index contributed by atoms with van der Waals surface area (Å²) >= 11 is 0. The fraction of sp³-hybridized carbons (Fsp3) is 0.100. The predicted molar refractivity (Wildman–Crippen MR) is 55.5 cm³/mol. The van der Waals surface area contributed by atoms with E-state index in [1.165, 1.54) is 24.3 Å². The molecule has 0 spiro atoms. The number of amides is 1. The molecular formula is C10H9FN4O. The Hall–Kier alpha value is -2.24. The number of carbonyl (C=O) groups excluding carboxylic acids is 1. The molecule has 0 radical (unpaired) electrons. The standard InChI is InChI=1S/C10H9FN4O/c1-6-12-9(15-14-6)10(16)13-8-4-2-7(11)3-5-8/h2-5H,1H3,(H,13,16)(H,12,14,15). The molecule has 2 rings (SSSR count). The second-order valence-electron chi connectivity index (χ2n) is 3.21. The molecule has 1 heterocycles. The first-order valence-electron chi connectivity index (χ1n) is 4.61. The van der Waals surface area contributed by atoms with Crippen molar-refractivity contribution in [2.24, 2.45) is 0 Å². The molecule has 1 aromatic heterocycles. The van der Waals surface area contributed by atoms with Gasteiger partial charge < -0.3 is 5.32 Å². The van der Waals surface area contributed by atoms with E-state index in [2.05, 4.69) is 20.5 Å².